The highest BCUT2D eigenvalue weighted by Crippen LogP contribution is 2.32. The minimum Gasteiger partial charge on any atom is -0.313 e. The Morgan fingerprint density at radius 3 is 2.88 bits per heavy atom. The van der Waals surface area contributed by atoms with Crippen LogP contribution < -0.4 is 5.32 Å². The molecular weight excluding hydrogens is 234 g/mol. The second-order valence-electron chi connectivity index (χ2n) is 4.61. The molecule has 1 N–H and O–H groups in total. The summed E-state index contributed by atoms with van der Waals surface area (Å²) in [5.41, 5.74) is 0. The van der Waals surface area contributed by atoms with E-state index in [4.69, 9.17) is 0 Å². The van der Waals surface area contributed by atoms with Crippen LogP contribution in [-0.4, -0.2) is 26.9 Å². The number of nitrogens with one attached hydrogen (secondary N) is 1. The number of hydrogen-bond donors (Lipinski definition) is 1. The third kappa shape index (κ3) is 2.07. The molecule has 0 unspecified atom stereocenters. The smallest absolute Gasteiger partial charge is 0.234 e. The number of hydrogen-bond acceptors (Lipinski definition) is 5. The molecule has 0 spiro atoms. The van der Waals surface area contributed by atoms with Crippen LogP contribution in [0.4, 0.5) is 0 Å². The lowest BCUT2D eigenvalue weighted by molar-refractivity contribution is 0.423. The highest BCUT2D eigenvalue weighted by molar-refractivity contribution is 7.16. The van der Waals surface area contributed by atoms with Gasteiger partial charge in [-0.1, -0.05) is 30.6 Å². The molecule has 0 atom stereocenters. The first kappa shape index (κ1) is 11.1. The van der Waals surface area contributed by atoms with Crippen molar-refractivity contribution in [2.75, 3.05) is 7.05 Å². The fraction of sp³-hybridized carbons (Fsp3) is 0.727. The maximum absolute atomic E-state index is 4.59. The largest absolute Gasteiger partial charge is 0.313 e. The maximum atomic E-state index is 4.59. The van der Waals surface area contributed by atoms with E-state index >= 15 is 0 Å². The Bertz CT molecular complexity index is 497. The molecule has 2 aromatic rings. The summed E-state index contributed by atoms with van der Waals surface area (Å²) >= 11 is 1.62. The molecular formula is C11H17N5S. The van der Waals surface area contributed by atoms with Gasteiger partial charge in [-0.3, -0.25) is 0 Å². The molecule has 17 heavy (non-hydrogen) atoms. The summed E-state index contributed by atoms with van der Waals surface area (Å²) in [4.78, 5) is 0.927. The summed E-state index contributed by atoms with van der Waals surface area (Å²) in [6, 6.07) is 0. The normalized spacial score (nSPS) is 17.9. The number of aromatic nitrogens is 4. The third-order valence-corrected chi connectivity index (χ3v) is 4.25. The van der Waals surface area contributed by atoms with E-state index in [1.165, 1.54) is 32.1 Å². The average Bonchev–Trinajstić information content (AvgIpc) is 2.90. The number of nitrogens with zero attached hydrogens (tertiary/aromatic N) is 4. The molecule has 0 radical (unpaired) electrons. The van der Waals surface area contributed by atoms with Gasteiger partial charge in [0.2, 0.25) is 4.96 Å². The standard InChI is InChI=1S/C11H17N5S/c1-12-7-9-15-16-10(13-14-11(16)17-9)8-5-3-2-4-6-8/h8,12H,2-7H2,1H3. The van der Waals surface area contributed by atoms with E-state index in [-0.39, 0.29) is 0 Å². The highest BCUT2D eigenvalue weighted by atomic mass is 32.1. The second kappa shape index (κ2) is 4.70. The zero-order valence-corrected chi connectivity index (χ0v) is 10.8. The Labute approximate surface area is 104 Å². The first-order valence-corrected chi connectivity index (χ1v) is 7.06. The maximum Gasteiger partial charge on any atom is 0.234 e. The lowest BCUT2D eigenvalue weighted by Crippen LogP contribution is -2.10. The van der Waals surface area contributed by atoms with Crippen LogP contribution >= 0.6 is 11.3 Å². The van der Waals surface area contributed by atoms with Crippen molar-refractivity contribution in [3.8, 4) is 0 Å². The monoisotopic (exact) mass is 251 g/mol. The van der Waals surface area contributed by atoms with Crippen molar-refractivity contribution in [2.24, 2.45) is 0 Å². The predicted molar refractivity (Wildman–Crippen MR) is 67.2 cm³/mol. The predicted octanol–water partition coefficient (Wildman–Crippen LogP) is 1.95. The van der Waals surface area contributed by atoms with Gasteiger partial charge < -0.3 is 5.32 Å². The number of fused-ring (bicyclic) bond motifs is 1. The molecule has 0 aliphatic heterocycles. The van der Waals surface area contributed by atoms with Gasteiger partial charge in [0.1, 0.15) is 5.01 Å². The van der Waals surface area contributed by atoms with E-state index < -0.39 is 0 Å². The Hall–Kier alpha value is -1.01. The summed E-state index contributed by atoms with van der Waals surface area (Å²) < 4.78 is 1.95. The van der Waals surface area contributed by atoms with E-state index in [0.29, 0.717) is 5.92 Å². The van der Waals surface area contributed by atoms with Crippen molar-refractivity contribution in [3.05, 3.63) is 10.8 Å². The van der Waals surface area contributed by atoms with Crippen LogP contribution in [0.5, 0.6) is 0 Å². The van der Waals surface area contributed by atoms with Crippen LogP contribution in [0.2, 0.25) is 0 Å². The first-order valence-electron chi connectivity index (χ1n) is 6.24. The van der Waals surface area contributed by atoms with Crippen molar-refractivity contribution in [1.29, 1.82) is 0 Å². The fourth-order valence-corrected chi connectivity index (χ4v) is 3.36. The molecule has 2 heterocycles. The molecule has 1 aliphatic rings. The van der Waals surface area contributed by atoms with E-state index in [1.54, 1.807) is 11.3 Å². The summed E-state index contributed by atoms with van der Waals surface area (Å²) in [5.74, 6) is 1.63. The Kier molecular flexibility index (Phi) is 3.07. The molecule has 1 aliphatic carbocycles. The molecule has 5 nitrogen and oxygen atoms in total. The quantitative estimate of drug-likeness (QED) is 0.906. The van der Waals surface area contributed by atoms with Gasteiger partial charge >= 0.3 is 0 Å². The third-order valence-electron chi connectivity index (χ3n) is 3.36. The summed E-state index contributed by atoms with van der Waals surface area (Å²) in [7, 11) is 1.93. The van der Waals surface area contributed by atoms with Gasteiger partial charge in [-0.15, -0.1) is 10.2 Å². The van der Waals surface area contributed by atoms with Gasteiger partial charge in [-0.25, -0.2) is 0 Å². The second-order valence-corrected chi connectivity index (χ2v) is 5.65. The van der Waals surface area contributed by atoms with E-state index in [1.807, 2.05) is 11.6 Å². The first-order chi connectivity index (χ1) is 8.38. The van der Waals surface area contributed by atoms with Crippen molar-refractivity contribution >= 4 is 16.3 Å². The van der Waals surface area contributed by atoms with Crippen LogP contribution in [0.15, 0.2) is 0 Å². The van der Waals surface area contributed by atoms with E-state index in [0.717, 1.165) is 22.3 Å². The molecule has 1 fully saturated rings. The fourth-order valence-electron chi connectivity index (χ4n) is 2.51. The van der Waals surface area contributed by atoms with Gasteiger partial charge in [0.25, 0.3) is 0 Å². The van der Waals surface area contributed by atoms with Crippen LogP contribution in [0.25, 0.3) is 4.96 Å². The van der Waals surface area contributed by atoms with E-state index in [2.05, 4.69) is 20.6 Å². The minimum atomic E-state index is 0.559. The Morgan fingerprint density at radius 2 is 2.12 bits per heavy atom. The molecule has 0 saturated heterocycles. The van der Waals surface area contributed by atoms with Crippen LogP contribution in [-0.2, 0) is 6.54 Å². The molecule has 3 rings (SSSR count). The molecule has 2 aromatic heterocycles. The average molecular weight is 251 g/mol. The van der Waals surface area contributed by atoms with Gasteiger partial charge in [0.15, 0.2) is 5.82 Å². The molecule has 92 valence electrons. The van der Waals surface area contributed by atoms with Crippen LogP contribution in [0.1, 0.15) is 48.9 Å². The molecule has 6 heteroatoms. The molecule has 0 amide bonds. The van der Waals surface area contributed by atoms with Gasteiger partial charge in [-0.05, 0) is 19.9 Å². The molecule has 0 aromatic carbocycles. The topological polar surface area (TPSA) is 55.1 Å². The Morgan fingerprint density at radius 1 is 1.29 bits per heavy atom. The van der Waals surface area contributed by atoms with Crippen molar-refractivity contribution in [3.63, 3.8) is 0 Å². The van der Waals surface area contributed by atoms with Gasteiger partial charge in [0, 0.05) is 12.5 Å². The van der Waals surface area contributed by atoms with Crippen LogP contribution in [0.3, 0.4) is 0 Å². The summed E-state index contributed by atoms with van der Waals surface area (Å²) in [5, 5.41) is 17.3. The minimum absolute atomic E-state index is 0.559. The number of rotatable bonds is 3. The zero-order valence-electron chi connectivity index (χ0n) is 10.0. The Balaban J connectivity index is 1.92. The van der Waals surface area contributed by atoms with E-state index in [9.17, 15) is 0 Å². The summed E-state index contributed by atoms with van der Waals surface area (Å²) in [6.07, 6.45) is 6.46. The lowest BCUT2D eigenvalue weighted by atomic mass is 9.89. The zero-order chi connectivity index (χ0) is 11.7. The van der Waals surface area contributed by atoms with Gasteiger partial charge in [0.05, 0.1) is 0 Å². The van der Waals surface area contributed by atoms with Crippen molar-refractivity contribution < 1.29 is 0 Å². The van der Waals surface area contributed by atoms with Gasteiger partial charge in [-0.2, -0.15) is 9.61 Å². The SMILES string of the molecule is CNCc1nn2c(C3CCCCC3)nnc2s1. The highest BCUT2D eigenvalue weighted by Gasteiger charge is 2.22. The molecule has 1 saturated carbocycles. The molecule has 0 bridgehead atoms. The summed E-state index contributed by atoms with van der Waals surface area (Å²) in [6.45, 7) is 0.804. The van der Waals surface area contributed by atoms with Crippen molar-refractivity contribution in [2.45, 2.75) is 44.6 Å². The van der Waals surface area contributed by atoms with Crippen molar-refractivity contribution in [1.82, 2.24) is 25.1 Å². The lowest BCUT2D eigenvalue weighted by Gasteiger charge is -2.18. The van der Waals surface area contributed by atoms with Crippen LogP contribution in [0, 0.1) is 0 Å².